The molecule has 0 radical (unpaired) electrons. The van der Waals surface area contributed by atoms with Crippen LogP contribution in [0.3, 0.4) is 0 Å². The molecule has 0 atom stereocenters. The van der Waals surface area contributed by atoms with Crippen LogP contribution in [0.5, 0.6) is 0 Å². The third-order valence-corrected chi connectivity index (χ3v) is 14.9. The Balaban J connectivity index is 1.29. The molecule has 2 aromatic heterocycles. The van der Waals surface area contributed by atoms with Crippen molar-refractivity contribution in [2.75, 3.05) is 16.0 Å². The van der Waals surface area contributed by atoms with E-state index in [-0.39, 0.29) is 76.7 Å². The van der Waals surface area contributed by atoms with Crippen molar-refractivity contribution in [3.63, 3.8) is 0 Å². The molecule has 0 aliphatic carbocycles. The number of nitriles is 2. The van der Waals surface area contributed by atoms with Gasteiger partial charge in [0.25, 0.3) is 30.4 Å². The van der Waals surface area contributed by atoms with E-state index in [1.165, 1.54) is 24.3 Å². The number of benzene rings is 6. The van der Waals surface area contributed by atoms with Gasteiger partial charge in [-0.2, -0.15) is 35.8 Å². The van der Waals surface area contributed by atoms with Crippen LogP contribution in [0.4, 0.5) is 50.1 Å². The van der Waals surface area contributed by atoms with E-state index >= 15 is 0 Å². The quantitative estimate of drug-likeness (QED) is 0.0411. The Kier molecular flexibility index (Phi) is 14.5. The zero-order chi connectivity index (χ0) is 51.5. The first-order valence-corrected chi connectivity index (χ1v) is 26.4. The number of anilines is 5. The lowest BCUT2D eigenvalue weighted by Gasteiger charge is -2.16. The molecule has 0 unspecified atom stereocenters. The van der Waals surface area contributed by atoms with Crippen LogP contribution in [-0.4, -0.2) is 43.9 Å². The van der Waals surface area contributed by atoms with Crippen molar-refractivity contribution >= 4 is 126 Å². The summed E-state index contributed by atoms with van der Waals surface area (Å²) >= 11 is 13.0. The van der Waals surface area contributed by atoms with Crippen molar-refractivity contribution in [3.05, 3.63) is 160 Å². The summed E-state index contributed by atoms with van der Waals surface area (Å²) in [5, 5.41) is 48.1. The van der Waals surface area contributed by atoms with E-state index in [0.29, 0.717) is 28.5 Å². The highest BCUT2D eigenvalue weighted by Gasteiger charge is 2.25. The first-order valence-electron chi connectivity index (χ1n) is 20.5. The fourth-order valence-corrected chi connectivity index (χ4v) is 10.7. The van der Waals surface area contributed by atoms with Gasteiger partial charge in [-0.25, -0.2) is 4.98 Å². The van der Waals surface area contributed by atoms with Gasteiger partial charge in [-0.15, -0.1) is 20.5 Å². The number of pyridine rings is 1. The number of nitrogens with one attached hydrogen (secondary N) is 3. The number of hydrogen-bond donors (Lipinski definition) is 6. The molecular weight excluding hydrogens is 1050 g/mol. The van der Waals surface area contributed by atoms with Crippen molar-refractivity contribution in [3.8, 4) is 23.3 Å². The van der Waals surface area contributed by atoms with Crippen molar-refractivity contribution in [2.45, 2.75) is 28.2 Å². The molecule has 19 nitrogen and oxygen atoms in total. The summed E-state index contributed by atoms with van der Waals surface area (Å²) in [4.78, 5) is 2.65. The normalized spacial score (nSPS) is 12.0. The molecule has 6 N–H and O–H groups in total. The second kappa shape index (κ2) is 20.6. The Bertz CT molecular complexity index is 3980. The maximum atomic E-state index is 12.6. The first-order chi connectivity index (χ1) is 34.2. The van der Waals surface area contributed by atoms with E-state index < -0.39 is 45.0 Å². The molecule has 0 aliphatic rings. The summed E-state index contributed by atoms with van der Waals surface area (Å²) in [6, 6.07) is 36.6. The number of hydrogen-bond acceptors (Lipinski definition) is 17. The van der Waals surface area contributed by atoms with Crippen LogP contribution in [0.15, 0.2) is 163 Å². The molecule has 6 aromatic carbocycles. The van der Waals surface area contributed by atoms with Gasteiger partial charge in [-0.3, -0.25) is 13.7 Å². The van der Waals surface area contributed by atoms with Gasteiger partial charge in [0.15, 0.2) is 16.6 Å². The van der Waals surface area contributed by atoms with Crippen LogP contribution >= 0.6 is 34.5 Å². The van der Waals surface area contributed by atoms with Gasteiger partial charge in [0, 0.05) is 50.5 Å². The molecule has 0 aliphatic heterocycles. The summed E-state index contributed by atoms with van der Waals surface area (Å²) in [5.41, 5.74) is 2.69. The van der Waals surface area contributed by atoms with Gasteiger partial charge in [0.05, 0.1) is 16.3 Å². The van der Waals surface area contributed by atoms with E-state index in [4.69, 9.17) is 23.2 Å². The van der Waals surface area contributed by atoms with Crippen molar-refractivity contribution in [2.24, 2.45) is 20.5 Å². The lowest BCUT2D eigenvalue weighted by atomic mass is 10.0. The average molecular weight is 1080 g/mol. The number of fused-ring (bicyclic) bond motifs is 1. The van der Waals surface area contributed by atoms with E-state index in [1.54, 1.807) is 49.4 Å². The molecule has 2 heterocycles. The minimum absolute atomic E-state index is 0.0134. The van der Waals surface area contributed by atoms with Crippen molar-refractivity contribution < 1.29 is 38.9 Å². The van der Waals surface area contributed by atoms with Crippen LogP contribution in [-0.2, 0) is 36.9 Å². The molecule has 0 bridgehead atoms. The molecule has 0 saturated carbocycles. The van der Waals surface area contributed by atoms with E-state index in [1.807, 2.05) is 36.4 Å². The zero-order valence-corrected chi connectivity index (χ0v) is 41.4. The Morgan fingerprint density at radius 1 is 0.611 bits per heavy atom. The van der Waals surface area contributed by atoms with E-state index in [0.717, 1.165) is 41.2 Å². The Morgan fingerprint density at radius 2 is 1.26 bits per heavy atom. The van der Waals surface area contributed by atoms with Gasteiger partial charge >= 0.3 is 0 Å². The fourth-order valence-electron chi connectivity index (χ4n) is 7.23. The summed E-state index contributed by atoms with van der Waals surface area (Å²) in [7, 11) is -14.7. The average Bonchev–Trinajstić information content (AvgIpc) is 3.70. The highest BCUT2D eigenvalue weighted by atomic mass is 35.5. The number of azo groups is 2. The first kappa shape index (κ1) is 50.7. The number of thiophene rings is 1. The van der Waals surface area contributed by atoms with Gasteiger partial charge in [-0.05, 0) is 90.8 Å². The van der Waals surface area contributed by atoms with Crippen LogP contribution in [0.25, 0.3) is 21.9 Å². The smallest absolute Gasteiger partial charge is 0.296 e. The van der Waals surface area contributed by atoms with Crippen molar-refractivity contribution in [1.29, 1.82) is 10.5 Å². The standard InChI is InChI=1S/C47H32Cl2N10O9S4/c1-26-36(23-50)44(54-32-17-18-38(49)41(21-32)72(66,67)68)55-45(53-30-15-13-29(48)14-16-30)43(26)57-58-46-37(24-51)42(28-9-5-10-31(19-28)52-25-27-7-3-2-4-8-27)47(69-46)59-56-33-20-35-34(40(22-33)71(63,64)65)11-6-12-39(35)70(60,61)62/h2-22,52H,25H2,1H3,(H2,53,54,55)(H,60,61,62)(H,63,64,65)(H,66,67,68). The number of rotatable bonds is 15. The summed E-state index contributed by atoms with van der Waals surface area (Å²) in [5.74, 6) is -0.0465. The highest BCUT2D eigenvalue weighted by Crippen LogP contribution is 2.49. The zero-order valence-electron chi connectivity index (χ0n) is 36.6. The Morgan fingerprint density at radius 3 is 1.94 bits per heavy atom. The SMILES string of the molecule is Cc1c(C#N)c(Nc2ccc(Cl)c(S(=O)(=O)O)c2)nc(Nc2ccc(Cl)cc2)c1N=Nc1sc(N=Nc2cc(S(=O)(=O)O)c3cccc(S(=O)(=O)O)c3c2)c(-c2cccc(NCc3ccccc3)c2)c1C#N. The molecule has 8 rings (SSSR count). The third kappa shape index (κ3) is 11.3. The minimum Gasteiger partial charge on any atom is -0.381 e. The number of aromatic nitrogens is 1. The second-order valence-corrected chi connectivity index (χ2v) is 21.3. The maximum absolute atomic E-state index is 12.6. The molecule has 25 heteroatoms. The molecule has 72 heavy (non-hydrogen) atoms. The monoisotopic (exact) mass is 1080 g/mol. The lowest BCUT2D eigenvalue weighted by molar-refractivity contribution is 0.481. The molecule has 8 aromatic rings. The molecule has 0 fully saturated rings. The largest absolute Gasteiger partial charge is 0.381 e. The molecule has 0 saturated heterocycles. The fraction of sp³-hybridized carbons (Fsp3) is 0.0426. The predicted molar refractivity (Wildman–Crippen MR) is 273 cm³/mol. The molecule has 0 spiro atoms. The van der Waals surface area contributed by atoms with Gasteiger partial charge in [0.1, 0.15) is 43.1 Å². The Labute approximate surface area is 425 Å². The predicted octanol–water partition coefficient (Wildman–Crippen LogP) is 13.0. The van der Waals surface area contributed by atoms with Gasteiger partial charge < -0.3 is 16.0 Å². The summed E-state index contributed by atoms with van der Waals surface area (Å²) in [6.07, 6.45) is 0. The van der Waals surface area contributed by atoms with Crippen LogP contribution in [0, 0.1) is 29.6 Å². The van der Waals surface area contributed by atoms with E-state index in [2.05, 4.69) is 53.5 Å². The van der Waals surface area contributed by atoms with Crippen LogP contribution < -0.4 is 16.0 Å². The summed E-state index contributed by atoms with van der Waals surface area (Å²) in [6.45, 7) is 1.99. The van der Waals surface area contributed by atoms with Crippen molar-refractivity contribution in [1.82, 2.24) is 4.98 Å². The van der Waals surface area contributed by atoms with Gasteiger partial charge in [0.2, 0.25) is 0 Å². The lowest BCUT2D eigenvalue weighted by Crippen LogP contribution is -2.05. The third-order valence-electron chi connectivity index (χ3n) is 10.5. The van der Waals surface area contributed by atoms with E-state index in [9.17, 15) is 49.4 Å². The Hall–Kier alpha value is -7.68. The van der Waals surface area contributed by atoms with Crippen LogP contribution in [0.2, 0.25) is 10.0 Å². The van der Waals surface area contributed by atoms with Crippen LogP contribution in [0.1, 0.15) is 22.3 Å². The summed E-state index contributed by atoms with van der Waals surface area (Å²) < 4.78 is 104. The maximum Gasteiger partial charge on any atom is 0.296 e. The number of halogens is 2. The second-order valence-electron chi connectivity index (χ2n) is 15.3. The molecule has 362 valence electrons. The highest BCUT2D eigenvalue weighted by molar-refractivity contribution is 7.86. The topological polar surface area (TPSA) is 309 Å². The molecular formula is C47H32Cl2N10O9S4. The number of nitrogens with zero attached hydrogens (tertiary/aromatic N) is 7. The van der Waals surface area contributed by atoms with Gasteiger partial charge in [-0.1, -0.05) is 89.1 Å². The minimum atomic E-state index is -5.01. The molecule has 0 amide bonds.